The van der Waals surface area contributed by atoms with Gasteiger partial charge in [-0.05, 0) is 80.6 Å². The van der Waals surface area contributed by atoms with Crippen LogP contribution in [-0.4, -0.2) is 31.5 Å². The summed E-state index contributed by atoms with van der Waals surface area (Å²) in [5, 5.41) is 16.5. The molecular formula is C25H20ClN5OS. The summed E-state index contributed by atoms with van der Waals surface area (Å²) in [5.41, 5.74) is 6.07. The minimum atomic E-state index is -0.435. The lowest BCUT2D eigenvalue weighted by atomic mass is 10.1. The van der Waals surface area contributed by atoms with Crippen LogP contribution in [0.1, 0.15) is 28.1 Å². The lowest BCUT2D eigenvalue weighted by molar-refractivity contribution is -0.114. The minimum Gasteiger partial charge on any atom is -0.318 e. The third-order valence-electron chi connectivity index (χ3n) is 5.57. The molecule has 1 N–H and O–H groups in total. The molecule has 0 spiro atoms. The van der Waals surface area contributed by atoms with E-state index in [9.17, 15) is 4.79 Å². The normalized spacial score (nSPS) is 16.8. The summed E-state index contributed by atoms with van der Waals surface area (Å²) in [5.74, 6) is -0.410. The molecule has 0 aliphatic carbocycles. The van der Waals surface area contributed by atoms with Crippen LogP contribution in [0.4, 0.5) is 0 Å². The van der Waals surface area contributed by atoms with E-state index >= 15 is 0 Å². The first-order valence-corrected chi connectivity index (χ1v) is 11.5. The van der Waals surface area contributed by atoms with Crippen LogP contribution in [0.5, 0.6) is 0 Å². The van der Waals surface area contributed by atoms with Gasteiger partial charge in [-0.3, -0.25) is 10.2 Å². The fourth-order valence-corrected chi connectivity index (χ4v) is 4.98. The Bertz CT molecular complexity index is 1420. The van der Waals surface area contributed by atoms with E-state index in [0.717, 1.165) is 38.8 Å². The van der Waals surface area contributed by atoms with Crippen LogP contribution in [0.2, 0.25) is 5.02 Å². The number of hydrogen-bond acceptors (Lipinski definition) is 4. The zero-order valence-corrected chi connectivity index (χ0v) is 19.8. The van der Waals surface area contributed by atoms with Gasteiger partial charge in [-0.2, -0.15) is 15.1 Å². The Balaban J connectivity index is 1.51. The predicted octanol–water partition coefficient (Wildman–Crippen LogP) is 5.72. The molecule has 0 saturated carbocycles. The number of amides is 1. The van der Waals surface area contributed by atoms with E-state index in [4.69, 9.17) is 17.0 Å². The van der Waals surface area contributed by atoms with Crippen LogP contribution in [0, 0.1) is 26.2 Å². The average Bonchev–Trinajstić information content (AvgIpc) is 3.33. The summed E-state index contributed by atoms with van der Waals surface area (Å²) >= 11 is 7.34. The number of amidine groups is 2. The van der Waals surface area contributed by atoms with Crippen molar-refractivity contribution in [2.75, 3.05) is 0 Å². The van der Waals surface area contributed by atoms with Crippen molar-refractivity contribution in [3.05, 3.63) is 93.3 Å². The number of benzene rings is 2. The van der Waals surface area contributed by atoms with Gasteiger partial charge in [-0.1, -0.05) is 35.4 Å². The molecule has 3 aromatic rings. The number of halogens is 1. The zero-order valence-electron chi connectivity index (χ0n) is 18.3. The Kier molecular flexibility index (Phi) is 5.31. The minimum absolute atomic E-state index is 0.0245. The van der Waals surface area contributed by atoms with Crippen molar-refractivity contribution < 1.29 is 4.79 Å². The number of carbonyl (C=O) groups excluding carboxylic acids is 1. The molecule has 2 aromatic carbocycles. The molecule has 0 bridgehead atoms. The molecule has 8 heteroatoms. The quantitative estimate of drug-likeness (QED) is 0.494. The van der Waals surface area contributed by atoms with E-state index < -0.39 is 5.91 Å². The molecule has 33 heavy (non-hydrogen) atoms. The van der Waals surface area contributed by atoms with Gasteiger partial charge in [0.2, 0.25) is 5.17 Å². The summed E-state index contributed by atoms with van der Waals surface area (Å²) in [6.45, 7) is 6.00. The number of fused-ring (bicyclic) bond motifs is 1. The Labute approximate surface area is 200 Å². The predicted molar refractivity (Wildman–Crippen MR) is 136 cm³/mol. The number of aryl methyl sites for hydroxylation is 2. The van der Waals surface area contributed by atoms with Crippen molar-refractivity contribution in [3.63, 3.8) is 0 Å². The molecule has 1 aromatic heterocycles. The van der Waals surface area contributed by atoms with E-state index in [0.29, 0.717) is 10.2 Å². The summed E-state index contributed by atoms with van der Waals surface area (Å²) < 4.78 is 2.09. The number of hydrogen-bond donors (Lipinski definition) is 1. The molecule has 2 aliphatic rings. The van der Waals surface area contributed by atoms with E-state index in [1.54, 1.807) is 6.08 Å². The molecule has 0 fully saturated rings. The summed E-state index contributed by atoms with van der Waals surface area (Å²) in [6.07, 6.45) is 1.73. The van der Waals surface area contributed by atoms with Crippen molar-refractivity contribution in [2.24, 2.45) is 10.1 Å². The first kappa shape index (κ1) is 21.4. The number of carbonyl (C=O) groups is 1. The number of nitrogens with one attached hydrogen (secondary N) is 1. The van der Waals surface area contributed by atoms with E-state index in [2.05, 4.69) is 14.7 Å². The number of aromatic nitrogens is 1. The zero-order chi connectivity index (χ0) is 23.3. The highest BCUT2D eigenvalue weighted by Gasteiger charge is 2.36. The highest BCUT2D eigenvalue weighted by Crippen LogP contribution is 2.32. The first-order chi connectivity index (χ1) is 15.8. The topological polar surface area (TPSA) is 73.8 Å². The summed E-state index contributed by atoms with van der Waals surface area (Å²) in [6, 6.07) is 17.6. The van der Waals surface area contributed by atoms with Crippen LogP contribution >= 0.6 is 23.4 Å². The van der Waals surface area contributed by atoms with Crippen LogP contribution in [-0.2, 0) is 4.79 Å². The third kappa shape index (κ3) is 3.83. The fourth-order valence-electron chi connectivity index (χ4n) is 3.96. The molecule has 0 radical (unpaired) electrons. The summed E-state index contributed by atoms with van der Waals surface area (Å²) in [4.78, 5) is 17.1. The van der Waals surface area contributed by atoms with Crippen molar-refractivity contribution in [2.45, 2.75) is 20.8 Å². The van der Waals surface area contributed by atoms with Crippen molar-refractivity contribution in [1.29, 1.82) is 5.41 Å². The molecule has 2 aliphatic heterocycles. The van der Waals surface area contributed by atoms with E-state index in [-0.39, 0.29) is 11.4 Å². The van der Waals surface area contributed by atoms with Crippen LogP contribution in [0.15, 0.2) is 70.3 Å². The molecular weight excluding hydrogens is 454 g/mol. The van der Waals surface area contributed by atoms with Gasteiger partial charge in [-0.15, -0.1) is 0 Å². The molecule has 0 atom stereocenters. The molecule has 0 unspecified atom stereocenters. The van der Waals surface area contributed by atoms with Crippen molar-refractivity contribution in [3.8, 4) is 5.69 Å². The van der Waals surface area contributed by atoms with Gasteiger partial charge in [0.15, 0.2) is 5.84 Å². The van der Waals surface area contributed by atoms with Crippen LogP contribution < -0.4 is 0 Å². The fraction of sp³-hybridized carbons (Fsp3) is 0.120. The maximum absolute atomic E-state index is 12.9. The first-order valence-electron chi connectivity index (χ1n) is 10.3. The molecule has 0 saturated heterocycles. The maximum atomic E-state index is 12.9. The van der Waals surface area contributed by atoms with Gasteiger partial charge < -0.3 is 4.57 Å². The molecule has 1 amide bonds. The third-order valence-corrected chi connectivity index (χ3v) is 6.78. The smallest absolute Gasteiger partial charge is 0.283 e. The standard InChI is InChI=1S/C25H20ClN5OS/c1-14-5-4-6-17(11-14)24-29-31-22(27)21(23(32)28-25(31)33-24)13-18-12-15(2)30(16(18)3)20-9-7-19(26)8-10-20/h4-13,27H,1-3H3/b21-13-,27-22?. The highest BCUT2D eigenvalue weighted by molar-refractivity contribution is 8.27. The number of nitrogens with zero attached hydrogens (tertiary/aromatic N) is 4. The van der Waals surface area contributed by atoms with Gasteiger partial charge in [0.05, 0.1) is 5.57 Å². The highest BCUT2D eigenvalue weighted by atomic mass is 35.5. The van der Waals surface area contributed by atoms with Crippen LogP contribution in [0.25, 0.3) is 11.8 Å². The van der Waals surface area contributed by atoms with Gasteiger partial charge >= 0.3 is 0 Å². The molecule has 6 nitrogen and oxygen atoms in total. The van der Waals surface area contributed by atoms with Gasteiger partial charge in [0.25, 0.3) is 5.91 Å². The van der Waals surface area contributed by atoms with E-state index in [1.807, 2.05) is 75.4 Å². The maximum Gasteiger partial charge on any atom is 0.283 e. The number of thioether (sulfide) groups is 1. The van der Waals surface area contributed by atoms with Crippen molar-refractivity contribution in [1.82, 2.24) is 9.58 Å². The average molecular weight is 474 g/mol. The van der Waals surface area contributed by atoms with Gasteiger partial charge in [0, 0.05) is 27.7 Å². The van der Waals surface area contributed by atoms with Gasteiger partial charge in [-0.25, -0.2) is 0 Å². The lowest BCUT2D eigenvalue weighted by Crippen LogP contribution is -2.35. The van der Waals surface area contributed by atoms with Crippen molar-refractivity contribution >= 4 is 51.4 Å². The number of rotatable bonds is 3. The largest absolute Gasteiger partial charge is 0.318 e. The second-order valence-corrected chi connectivity index (χ2v) is 9.33. The Morgan fingerprint density at radius 3 is 2.55 bits per heavy atom. The number of hydrazone groups is 1. The number of aliphatic imine (C=N–C) groups is 1. The van der Waals surface area contributed by atoms with Gasteiger partial charge in [0.1, 0.15) is 5.04 Å². The second kappa shape index (κ2) is 8.17. The Morgan fingerprint density at radius 1 is 1.06 bits per heavy atom. The Hall–Kier alpha value is -3.42. The lowest BCUT2D eigenvalue weighted by Gasteiger charge is -2.20. The molecule has 164 valence electrons. The molecule has 5 rings (SSSR count). The second-order valence-electron chi connectivity index (χ2n) is 7.93. The van der Waals surface area contributed by atoms with E-state index in [1.165, 1.54) is 16.8 Å². The summed E-state index contributed by atoms with van der Waals surface area (Å²) in [7, 11) is 0. The van der Waals surface area contributed by atoms with Crippen LogP contribution in [0.3, 0.4) is 0 Å². The monoisotopic (exact) mass is 473 g/mol. The SMILES string of the molecule is Cc1cccc(C2=NN3C(=N)/C(=C/c4cc(C)n(-c5ccc(Cl)cc5)c4C)C(=O)N=C3S2)c1. The molecule has 3 heterocycles. The Morgan fingerprint density at radius 2 is 1.82 bits per heavy atom.